The van der Waals surface area contributed by atoms with Gasteiger partial charge in [-0.1, -0.05) is 31.9 Å². The minimum absolute atomic E-state index is 0.178. The fraction of sp³-hybridized carbons (Fsp3) is 0.786. The molecule has 2 saturated carbocycles. The number of hydrogen-bond acceptors (Lipinski definition) is 7. The van der Waals surface area contributed by atoms with Crippen molar-refractivity contribution < 1.29 is 33.2 Å². The average molecular weight is 489 g/mol. The molecule has 0 N–H and O–H groups in total. The maximum atomic E-state index is 6.62. The van der Waals surface area contributed by atoms with Crippen LogP contribution in [0, 0.1) is 0 Å². The van der Waals surface area contributed by atoms with Crippen molar-refractivity contribution in [2.75, 3.05) is 13.2 Å². The lowest BCUT2D eigenvalue weighted by Gasteiger charge is -2.35. The van der Waals surface area contributed by atoms with E-state index in [1.807, 2.05) is 12.1 Å². The van der Waals surface area contributed by atoms with Gasteiger partial charge in [-0.25, -0.2) is 0 Å². The molecule has 5 atom stereocenters. The molecule has 0 bridgehead atoms. The molecule has 35 heavy (non-hydrogen) atoms. The fourth-order valence-corrected chi connectivity index (χ4v) is 6.36. The summed E-state index contributed by atoms with van der Waals surface area (Å²) >= 11 is 0. The van der Waals surface area contributed by atoms with Crippen molar-refractivity contribution in [1.29, 1.82) is 0 Å². The van der Waals surface area contributed by atoms with E-state index in [0.29, 0.717) is 13.2 Å². The third kappa shape index (κ3) is 5.00. The number of hydrogen-bond donors (Lipinski definition) is 0. The summed E-state index contributed by atoms with van der Waals surface area (Å²) in [4.78, 5) is 0. The molecular formula is C28H40O7. The molecule has 0 amide bonds. The van der Waals surface area contributed by atoms with Crippen molar-refractivity contribution in [2.24, 2.45) is 0 Å². The molecule has 0 aromatic heterocycles. The van der Waals surface area contributed by atoms with E-state index in [2.05, 4.69) is 19.1 Å². The number of ether oxygens (including phenoxy) is 7. The number of fused-ring (bicyclic) bond motifs is 1. The van der Waals surface area contributed by atoms with Crippen LogP contribution in [0.2, 0.25) is 0 Å². The van der Waals surface area contributed by atoms with Crippen LogP contribution >= 0.6 is 0 Å². The maximum absolute atomic E-state index is 6.62. The zero-order valence-corrected chi connectivity index (χ0v) is 21.0. The Morgan fingerprint density at radius 2 is 1.54 bits per heavy atom. The Bertz CT molecular complexity index is 830. The lowest BCUT2D eigenvalue weighted by Crippen LogP contribution is -2.45. The monoisotopic (exact) mass is 488 g/mol. The predicted molar refractivity (Wildman–Crippen MR) is 128 cm³/mol. The van der Waals surface area contributed by atoms with Crippen LogP contribution in [0.5, 0.6) is 5.75 Å². The Kier molecular flexibility index (Phi) is 7.08. The van der Waals surface area contributed by atoms with Gasteiger partial charge in [0.25, 0.3) is 0 Å². The molecule has 1 aromatic carbocycles. The lowest BCUT2D eigenvalue weighted by molar-refractivity contribution is -0.263. The number of rotatable bonds is 7. The molecule has 0 radical (unpaired) electrons. The minimum Gasteiger partial charge on any atom is -0.494 e. The summed E-state index contributed by atoms with van der Waals surface area (Å²) < 4.78 is 44.6. The van der Waals surface area contributed by atoms with Crippen LogP contribution < -0.4 is 4.74 Å². The zero-order valence-electron chi connectivity index (χ0n) is 21.0. The standard InChI is InChI=1S/C28H40O7/c1-2-17-29-21-11-9-20(10-12-21)18-30-24-23(22-19-31-27(33-22)13-5-3-6-14-27)32-26-25(24)34-28(35-26)15-7-4-8-16-28/h9-12,22-26H,2-8,13-19H2,1H3/t22-,23+,24+,25+,26-/m0/s1. The van der Waals surface area contributed by atoms with Gasteiger partial charge >= 0.3 is 0 Å². The van der Waals surface area contributed by atoms with Crippen molar-refractivity contribution in [2.45, 2.75) is 126 Å². The second kappa shape index (κ2) is 10.3. The highest BCUT2D eigenvalue weighted by Crippen LogP contribution is 2.48. The van der Waals surface area contributed by atoms with Crippen molar-refractivity contribution >= 4 is 0 Å². The van der Waals surface area contributed by atoms with Gasteiger partial charge in [0.05, 0.1) is 19.8 Å². The molecule has 2 spiro atoms. The smallest absolute Gasteiger partial charge is 0.190 e. The highest BCUT2D eigenvalue weighted by Gasteiger charge is 2.61. The topological polar surface area (TPSA) is 64.6 Å². The molecule has 7 nitrogen and oxygen atoms in total. The van der Waals surface area contributed by atoms with Gasteiger partial charge < -0.3 is 33.2 Å². The van der Waals surface area contributed by atoms with Crippen LogP contribution in [0.15, 0.2) is 24.3 Å². The van der Waals surface area contributed by atoms with Gasteiger partial charge in [0.1, 0.15) is 30.2 Å². The third-order valence-electron chi connectivity index (χ3n) is 8.20. The van der Waals surface area contributed by atoms with E-state index in [1.165, 1.54) is 12.8 Å². The molecule has 1 aromatic rings. The quantitative estimate of drug-likeness (QED) is 0.520. The molecule has 2 aliphatic carbocycles. The second-order valence-corrected chi connectivity index (χ2v) is 10.8. The molecule has 3 heterocycles. The number of benzene rings is 1. The first-order chi connectivity index (χ1) is 17.2. The molecule has 5 fully saturated rings. The highest BCUT2D eigenvalue weighted by molar-refractivity contribution is 5.27. The predicted octanol–water partition coefficient (Wildman–Crippen LogP) is 5.24. The average Bonchev–Trinajstić information content (AvgIpc) is 3.54. The summed E-state index contributed by atoms with van der Waals surface area (Å²) in [6.45, 7) is 3.83. The second-order valence-electron chi connectivity index (χ2n) is 10.8. The van der Waals surface area contributed by atoms with E-state index in [9.17, 15) is 0 Å². The van der Waals surface area contributed by atoms with Crippen LogP contribution in [-0.4, -0.2) is 55.5 Å². The fourth-order valence-electron chi connectivity index (χ4n) is 6.36. The summed E-state index contributed by atoms with van der Waals surface area (Å²) in [5.41, 5.74) is 1.09. The Labute approximate surface area is 208 Å². The van der Waals surface area contributed by atoms with Gasteiger partial charge in [-0.15, -0.1) is 0 Å². The van der Waals surface area contributed by atoms with Gasteiger partial charge in [0.2, 0.25) is 0 Å². The third-order valence-corrected chi connectivity index (χ3v) is 8.20. The first-order valence-electron chi connectivity index (χ1n) is 13.8. The molecule has 7 heteroatoms. The maximum Gasteiger partial charge on any atom is 0.190 e. The van der Waals surface area contributed by atoms with Gasteiger partial charge in [-0.3, -0.25) is 0 Å². The van der Waals surface area contributed by atoms with E-state index in [4.69, 9.17) is 33.2 Å². The largest absolute Gasteiger partial charge is 0.494 e. The molecule has 5 aliphatic rings. The lowest BCUT2D eigenvalue weighted by atomic mass is 9.94. The summed E-state index contributed by atoms with van der Waals surface area (Å²) in [5.74, 6) is -0.0793. The normalized spacial score (nSPS) is 35.5. The first kappa shape index (κ1) is 24.1. The van der Waals surface area contributed by atoms with Gasteiger partial charge in [-0.05, 0) is 49.8 Å². The molecule has 3 aliphatic heterocycles. The van der Waals surface area contributed by atoms with Gasteiger partial charge in [0.15, 0.2) is 17.9 Å². The van der Waals surface area contributed by atoms with Gasteiger partial charge in [-0.2, -0.15) is 0 Å². The zero-order chi connectivity index (χ0) is 23.7. The molecule has 0 unspecified atom stereocenters. The van der Waals surface area contributed by atoms with Crippen LogP contribution in [0.25, 0.3) is 0 Å². The van der Waals surface area contributed by atoms with E-state index in [1.54, 1.807) is 0 Å². The van der Waals surface area contributed by atoms with E-state index >= 15 is 0 Å². The van der Waals surface area contributed by atoms with Crippen LogP contribution in [0.3, 0.4) is 0 Å². The van der Waals surface area contributed by atoms with Crippen LogP contribution in [0.4, 0.5) is 0 Å². The Morgan fingerprint density at radius 3 is 2.26 bits per heavy atom. The summed E-state index contributed by atoms with van der Waals surface area (Å²) in [5, 5.41) is 0. The van der Waals surface area contributed by atoms with Crippen molar-refractivity contribution in [3.63, 3.8) is 0 Å². The van der Waals surface area contributed by atoms with Gasteiger partial charge in [0, 0.05) is 25.7 Å². The van der Waals surface area contributed by atoms with Crippen LogP contribution in [0.1, 0.15) is 83.1 Å². The summed E-state index contributed by atoms with van der Waals surface area (Å²) in [7, 11) is 0. The molecule has 6 rings (SSSR count). The SMILES string of the molecule is CCCOc1ccc(CO[C@H]2[C@H]3OC4(CCCCC4)O[C@@H]3O[C@@H]2[C@@H]2COC3(CCCCC3)O2)cc1. The van der Waals surface area contributed by atoms with Crippen molar-refractivity contribution in [3.8, 4) is 5.75 Å². The van der Waals surface area contributed by atoms with Crippen molar-refractivity contribution in [3.05, 3.63) is 29.8 Å². The van der Waals surface area contributed by atoms with E-state index in [0.717, 1.165) is 75.7 Å². The molecular weight excluding hydrogens is 448 g/mol. The van der Waals surface area contributed by atoms with E-state index in [-0.39, 0.29) is 24.4 Å². The Hall–Kier alpha value is -1.22. The molecule has 194 valence electrons. The molecule has 3 saturated heterocycles. The summed E-state index contributed by atoms with van der Waals surface area (Å²) in [6, 6.07) is 8.14. The first-order valence-corrected chi connectivity index (χ1v) is 13.8. The highest BCUT2D eigenvalue weighted by atomic mass is 16.9. The van der Waals surface area contributed by atoms with Crippen LogP contribution in [-0.2, 0) is 35.0 Å². The van der Waals surface area contributed by atoms with Crippen molar-refractivity contribution in [1.82, 2.24) is 0 Å². The Balaban J connectivity index is 1.15. The van der Waals surface area contributed by atoms with E-state index < -0.39 is 17.9 Å². The Morgan fingerprint density at radius 1 is 0.829 bits per heavy atom. The minimum atomic E-state index is -0.518. The summed E-state index contributed by atoms with van der Waals surface area (Å²) in [6.07, 6.45) is 10.4.